The van der Waals surface area contributed by atoms with Crippen LogP contribution in [0.5, 0.6) is 0 Å². The van der Waals surface area contributed by atoms with Crippen molar-refractivity contribution in [3.63, 3.8) is 0 Å². The van der Waals surface area contributed by atoms with E-state index in [9.17, 15) is 4.79 Å². The first-order chi connectivity index (χ1) is 5.90. The Bertz CT molecular complexity index is 411. The smallest absolute Gasteiger partial charge is 0.246 e. The van der Waals surface area contributed by atoms with Gasteiger partial charge in [0.15, 0.2) is 0 Å². The molecule has 1 aromatic carbocycles. The van der Waals surface area contributed by atoms with E-state index in [1.54, 1.807) is 12.5 Å². The highest BCUT2D eigenvalue weighted by Gasteiger charge is 1.99. The lowest BCUT2D eigenvalue weighted by Crippen LogP contribution is -2.33. The zero-order valence-electron chi connectivity index (χ0n) is 6.31. The average molecular weight is 161 g/mol. The van der Waals surface area contributed by atoms with Crippen molar-refractivity contribution in [3.8, 4) is 0 Å². The molecule has 0 bridgehead atoms. The van der Waals surface area contributed by atoms with E-state index >= 15 is 0 Å². The normalized spacial score (nSPS) is 13.5. The third-order valence-corrected chi connectivity index (χ3v) is 1.67. The molecule has 1 aliphatic heterocycles. The Balaban J connectivity index is 2.63. The van der Waals surface area contributed by atoms with Crippen LogP contribution in [0.25, 0.3) is 12.5 Å². The molecule has 0 aliphatic carbocycles. The van der Waals surface area contributed by atoms with E-state index in [0.29, 0.717) is 6.41 Å². The number of amides is 1. The first-order valence-electron chi connectivity index (χ1n) is 3.58. The summed E-state index contributed by atoms with van der Waals surface area (Å²) in [6.45, 7) is 0. The Morgan fingerprint density at radius 1 is 1.25 bits per heavy atom. The highest BCUT2D eigenvalue weighted by Crippen LogP contribution is 1.90. The van der Waals surface area contributed by atoms with Crippen LogP contribution in [0.15, 0.2) is 24.3 Å². The SMILES string of the molecule is O=CN1C=c2ccccc2=CO1. The molecular formula is C9H7NO2. The van der Waals surface area contributed by atoms with Gasteiger partial charge in [-0.1, -0.05) is 24.3 Å². The van der Waals surface area contributed by atoms with E-state index in [-0.39, 0.29) is 0 Å². The topological polar surface area (TPSA) is 29.5 Å². The number of nitrogens with zero attached hydrogens (tertiary/aromatic N) is 1. The molecule has 0 atom stereocenters. The number of benzene rings is 1. The highest BCUT2D eigenvalue weighted by atomic mass is 16.7. The summed E-state index contributed by atoms with van der Waals surface area (Å²) < 4.78 is 0. The summed E-state index contributed by atoms with van der Waals surface area (Å²) in [4.78, 5) is 15.3. The van der Waals surface area contributed by atoms with Gasteiger partial charge in [0.2, 0.25) is 6.41 Å². The Morgan fingerprint density at radius 3 is 2.75 bits per heavy atom. The lowest BCUT2D eigenvalue weighted by atomic mass is 10.2. The summed E-state index contributed by atoms with van der Waals surface area (Å²) in [5, 5.41) is 3.09. The summed E-state index contributed by atoms with van der Waals surface area (Å²) in [6.07, 6.45) is 3.80. The Labute approximate surface area is 69.1 Å². The van der Waals surface area contributed by atoms with Gasteiger partial charge in [-0.3, -0.25) is 4.79 Å². The van der Waals surface area contributed by atoms with Crippen LogP contribution in [0, 0.1) is 0 Å². The van der Waals surface area contributed by atoms with Gasteiger partial charge in [0.25, 0.3) is 0 Å². The molecule has 0 saturated heterocycles. The third kappa shape index (κ3) is 1.05. The molecule has 0 saturated carbocycles. The molecule has 0 fully saturated rings. The molecule has 1 heterocycles. The quantitative estimate of drug-likeness (QED) is 0.523. The zero-order valence-corrected chi connectivity index (χ0v) is 6.31. The molecule has 0 aromatic heterocycles. The van der Waals surface area contributed by atoms with E-state index in [2.05, 4.69) is 0 Å². The maximum atomic E-state index is 10.3. The first kappa shape index (κ1) is 6.91. The lowest BCUT2D eigenvalue weighted by molar-refractivity contribution is -0.133. The second-order valence-corrected chi connectivity index (χ2v) is 2.45. The summed E-state index contributed by atoms with van der Waals surface area (Å²) in [6, 6.07) is 7.68. The summed E-state index contributed by atoms with van der Waals surface area (Å²) in [5.41, 5.74) is 0. The van der Waals surface area contributed by atoms with Crippen LogP contribution in [0.3, 0.4) is 0 Å². The molecule has 3 heteroatoms. The Kier molecular flexibility index (Phi) is 1.55. The van der Waals surface area contributed by atoms with Gasteiger partial charge in [-0.2, -0.15) is 5.06 Å². The summed E-state index contributed by atoms with van der Waals surface area (Å²) in [5.74, 6) is 0. The molecule has 3 nitrogen and oxygen atoms in total. The van der Waals surface area contributed by atoms with Crippen molar-refractivity contribution in [1.29, 1.82) is 0 Å². The van der Waals surface area contributed by atoms with E-state index in [0.717, 1.165) is 15.5 Å². The van der Waals surface area contributed by atoms with Gasteiger partial charge in [-0.15, -0.1) is 0 Å². The van der Waals surface area contributed by atoms with Gasteiger partial charge in [0.1, 0.15) is 6.26 Å². The molecule has 1 aromatic rings. The van der Waals surface area contributed by atoms with Crippen LogP contribution in [-0.2, 0) is 9.63 Å². The third-order valence-electron chi connectivity index (χ3n) is 1.67. The van der Waals surface area contributed by atoms with E-state index in [1.807, 2.05) is 24.3 Å². The molecule has 0 spiro atoms. The fourth-order valence-electron chi connectivity index (χ4n) is 1.08. The average Bonchev–Trinajstić information content (AvgIpc) is 2.17. The number of fused-ring (bicyclic) bond motifs is 1. The van der Waals surface area contributed by atoms with Crippen molar-refractivity contribution >= 4 is 18.9 Å². The van der Waals surface area contributed by atoms with Crippen molar-refractivity contribution in [3.05, 3.63) is 34.7 Å². The number of rotatable bonds is 1. The summed E-state index contributed by atoms with van der Waals surface area (Å²) >= 11 is 0. The van der Waals surface area contributed by atoms with Crippen LogP contribution in [0.4, 0.5) is 0 Å². The first-order valence-corrected chi connectivity index (χ1v) is 3.58. The fraction of sp³-hybridized carbons (Fsp3) is 0. The number of hydroxylamine groups is 2. The molecule has 60 valence electrons. The molecular weight excluding hydrogens is 154 g/mol. The predicted molar refractivity (Wildman–Crippen MR) is 43.6 cm³/mol. The minimum Gasteiger partial charge on any atom is -0.380 e. The van der Waals surface area contributed by atoms with E-state index in [4.69, 9.17) is 4.84 Å². The minimum atomic E-state index is 0.617. The minimum absolute atomic E-state index is 0.617. The van der Waals surface area contributed by atoms with Crippen molar-refractivity contribution in [2.75, 3.05) is 0 Å². The predicted octanol–water partition coefficient (Wildman–Crippen LogP) is -0.434. The lowest BCUT2D eigenvalue weighted by Gasteiger charge is -2.12. The Hall–Kier alpha value is -1.77. The molecule has 1 aliphatic rings. The fourth-order valence-corrected chi connectivity index (χ4v) is 1.08. The van der Waals surface area contributed by atoms with Crippen molar-refractivity contribution < 1.29 is 9.63 Å². The molecule has 1 amide bonds. The van der Waals surface area contributed by atoms with Crippen LogP contribution in [-0.4, -0.2) is 11.5 Å². The second-order valence-electron chi connectivity index (χ2n) is 2.45. The van der Waals surface area contributed by atoms with Gasteiger partial charge in [-0.25, -0.2) is 0 Å². The molecule has 2 rings (SSSR count). The van der Waals surface area contributed by atoms with E-state index < -0.39 is 0 Å². The zero-order chi connectivity index (χ0) is 8.39. The van der Waals surface area contributed by atoms with Crippen molar-refractivity contribution in [2.45, 2.75) is 0 Å². The van der Waals surface area contributed by atoms with Crippen molar-refractivity contribution in [2.24, 2.45) is 0 Å². The monoisotopic (exact) mass is 161 g/mol. The molecule has 0 N–H and O–H groups in total. The van der Waals surface area contributed by atoms with Crippen LogP contribution in [0.1, 0.15) is 0 Å². The van der Waals surface area contributed by atoms with Crippen LogP contribution < -0.4 is 10.4 Å². The standard InChI is InChI=1S/C9H7NO2/c11-7-10-5-8-3-1-2-4-9(8)6-12-10/h1-7H. The molecule has 0 radical (unpaired) electrons. The summed E-state index contributed by atoms with van der Waals surface area (Å²) in [7, 11) is 0. The number of hydrogen-bond donors (Lipinski definition) is 0. The van der Waals surface area contributed by atoms with Gasteiger partial charge < -0.3 is 4.84 Å². The number of hydrogen-bond acceptors (Lipinski definition) is 2. The largest absolute Gasteiger partial charge is 0.380 e. The molecule has 12 heavy (non-hydrogen) atoms. The van der Waals surface area contributed by atoms with Crippen molar-refractivity contribution in [1.82, 2.24) is 5.06 Å². The van der Waals surface area contributed by atoms with Gasteiger partial charge in [0, 0.05) is 10.4 Å². The van der Waals surface area contributed by atoms with E-state index in [1.165, 1.54) is 0 Å². The van der Waals surface area contributed by atoms with Gasteiger partial charge >= 0.3 is 0 Å². The van der Waals surface area contributed by atoms with Gasteiger partial charge in [0.05, 0.1) is 6.20 Å². The Morgan fingerprint density at radius 2 is 2.00 bits per heavy atom. The second kappa shape index (κ2) is 2.70. The van der Waals surface area contributed by atoms with Crippen LogP contribution in [0.2, 0.25) is 0 Å². The van der Waals surface area contributed by atoms with Crippen LogP contribution >= 0.6 is 0 Å². The maximum absolute atomic E-state index is 10.3. The highest BCUT2D eigenvalue weighted by molar-refractivity contribution is 5.55. The molecule has 0 unspecified atom stereocenters. The maximum Gasteiger partial charge on any atom is 0.246 e. The number of carbonyl (C=O) groups excluding carboxylic acids is 1. The van der Waals surface area contributed by atoms with Gasteiger partial charge in [-0.05, 0) is 0 Å². The number of carbonyl (C=O) groups is 1.